The molecule has 2 aromatic heterocycles. The highest BCUT2D eigenvalue weighted by molar-refractivity contribution is 7.19. The van der Waals surface area contributed by atoms with Crippen molar-refractivity contribution in [3.63, 3.8) is 0 Å². The molecule has 0 saturated carbocycles. The van der Waals surface area contributed by atoms with Crippen LogP contribution in [-0.4, -0.2) is 4.98 Å². The van der Waals surface area contributed by atoms with Gasteiger partial charge in [-0.15, -0.1) is 11.3 Å². The standard InChI is InChI=1S/C52H31NS/c1-2-17-34-32(14-1)15-11-24-35(34)48-36-18-3-5-20-38(36)49(39-21-6-4-19-37(39)48)42-25-12-28-45-50(42)40-22-7-9-26-43(40)52(45)44-27-10-8-23-41(44)51-46(52)30-47(54-51)33-16-13-29-53-31-33/h1-31H. The van der Waals surface area contributed by atoms with Crippen molar-refractivity contribution in [3.8, 4) is 54.3 Å². The van der Waals surface area contributed by atoms with Crippen LogP contribution < -0.4 is 0 Å². The Morgan fingerprint density at radius 2 is 0.926 bits per heavy atom. The fourth-order valence-corrected chi connectivity index (χ4v) is 11.2. The Hall–Kier alpha value is -6.61. The molecule has 10 aromatic rings. The van der Waals surface area contributed by atoms with Gasteiger partial charge in [0.25, 0.3) is 0 Å². The number of hydrogen-bond donors (Lipinski definition) is 0. The summed E-state index contributed by atoms with van der Waals surface area (Å²) in [6, 6.07) is 65.7. The summed E-state index contributed by atoms with van der Waals surface area (Å²) in [5.41, 5.74) is 15.3. The van der Waals surface area contributed by atoms with Crippen LogP contribution in [-0.2, 0) is 5.41 Å². The largest absolute Gasteiger partial charge is 0.264 e. The summed E-state index contributed by atoms with van der Waals surface area (Å²) in [4.78, 5) is 7.10. The molecule has 2 aliphatic carbocycles. The maximum absolute atomic E-state index is 4.49. The topological polar surface area (TPSA) is 12.9 Å². The van der Waals surface area contributed by atoms with E-state index in [1.54, 1.807) is 0 Å². The molecule has 0 N–H and O–H groups in total. The molecule has 1 spiro atoms. The summed E-state index contributed by atoms with van der Waals surface area (Å²) in [7, 11) is 0. The maximum atomic E-state index is 4.49. The average Bonchev–Trinajstić information content (AvgIpc) is 3.89. The van der Waals surface area contributed by atoms with Crippen LogP contribution >= 0.6 is 11.3 Å². The van der Waals surface area contributed by atoms with Crippen molar-refractivity contribution in [2.75, 3.05) is 0 Å². The van der Waals surface area contributed by atoms with Gasteiger partial charge in [0.15, 0.2) is 0 Å². The van der Waals surface area contributed by atoms with Gasteiger partial charge >= 0.3 is 0 Å². The predicted molar refractivity (Wildman–Crippen MR) is 227 cm³/mol. The lowest BCUT2D eigenvalue weighted by atomic mass is 9.70. The third-order valence-corrected chi connectivity index (χ3v) is 13.2. The molecule has 0 bridgehead atoms. The summed E-state index contributed by atoms with van der Waals surface area (Å²) in [5.74, 6) is 0. The van der Waals surface area contributed by atoms with Crippen molar-refractivity contribution in [1.82, 2.24) is 4.98 Å². The Kier molecular flexibility index (Phi) is 6.20. The summed E-state index contributed by atoms with van der Waals surface area (Å²) in [6.45, 7) is 0. The van der Waals surface area contributed by atoms with Crippen LogP contribution in [0, 0.1) is 0 Å². The number of fused-ring (bicyclic) bond motifs is 13. The number of benzene rings is 8. The molecular formula is C52H31NS. The number of nitrogens with zero attached hydrogens (tertiary/aromatic N) is 1. The van der Waals surface area contributed by atoms with Gasteiger partial charge in [0.1, 0.15) is 0 Å². The van der Waals surface area contributed by atoms with Crippen molar-refractivity contribution in [1.29, 1.82) is 0 Å². The Balaban J connectivity index is 1.20. The van der Waals surface area contributed by atoms with E-state index in [0.29, 0.717) is 0 Å². The second-order valence-electron chi connectivity index (χ2n) is 14.5. The van der Waals surface area contributed by atoms with Crippen LogP contribution in [0.15, 0.2) is 188 Å². The summed E-state index contributed by atoms with van der Waals surface area (Å²) < 4.78 is 0. The maximum Gasteiger partial charge on any atom is 0.0734 e. The molecule has 12 rings (SSSR count). The minimum atomic E-state index is -0.431. The molecule has 0 radical (unpaired) electrons. The fourth-order valence-electron chi connectivity index (χ4n) is 9.94. The van der Waals surface area contributed by atoms with Crippen molar-refractivity contribution in [2.24, 2.45) is 0 Å². The number of rotatable bonds is 3. The first kappa shape index (κ1) is 29.9. The zero-order chi connectivity index (χ0) is 35.4. The molecule has 54 heavy (non-hydrogen) atoms. The third-order valence-electron chi connectivity index (χ3n) is 12.0. The molecule has 0 saturated heterocycles. The molecule has 2 heterocycles. The second-order valence-corrected chi connectivity index (χ2v) is 15.6. The van der Waals surface area contributed by atoms with E-state index in [-0.39, 0.29) is 0 Å². The fraction of sp³-hybridized carbons (Fsp3) is 0.0192. The van der Waals surface area contributed by atoms with Crippen LogP contribution in [0.4, 0.5) is 0 Å². The molecule has 2 aliphatic rings. The quantitative estimate of drug-likeness (QED) is 0.167. The molecule has 1 nitrogen and oxygen atoms in total. The van der Waals surface area contributed by atoms with Crippen molar-refractivity contribution in [2.45, 2.75) is 5.41 Å². The van der Waals surface area contributed by atoms with Crippen LogP contribution in [0.5, 0.6) is 0 Å². The van der Waals surface area contributed by atoms with Gasteiger partial charge < -0.3 is 0 Å². The minimum Gasteiger partial charge on any atom is -0.264 e. The van der Waals surface area contributed by atoms with E-state index in [9.17, 15) is 0 Å². The Labute approximate surface area is 317 Å². The zero-order valence-corrected chi connectivity index (χ0v) is 30.1. The molecule has 1 atom stereocenters. The Morgan fingerprint density at radius 3 is 1.65 bits per heavy atom. The summed E-state index contributed by atoms with van der Waals surface area (Å²) in [6.07, 6.45) is 3.85. The Bertz CT molecular complexity index is 3110. The van der Waals surface area contributed by atoms with Gasteiger partial charge in [0.05, 0.1) is 5.41 Å². The van der Waals surface area contributed by atoms with Crippen LogP contribution in [0.2, 0.25) is 0 Å². The summed E-state index contributed by atoms with van der Waals surface area (Å²) in [5, 5.41) is 7.62. The van der Waals surface area contributed by atoms with Gasteiger partial charge in [-0.25, -0.2) is 0 Å². The average molecular weight is 702 g/mol. The third kappa shape index (κ3) is 3.85. The van der Waals surface area contributed by atoms with Gasteiger partial charge in [0.2, 0.25) is 0 Å². The first-order chi connectivity index (χ1) is 26.8. The molecule has 0 aliphatic heterocycles. The van der Waals surface area contributed by atoms with E-state index >= 15 is 0 Å². The van der Waals surface area contributed by atoms with Gasteiger partial charge in [-0.1, -0.05) is 164 Å². The van der Waals surface area contributed by atoms with Gasteiger partial charge in [-0.05, 0) is 106 Å². The molecule has 1 unspecified atom stereocenters. The number of hydrogen-bond acceptors (Lipinski definition) is 2. The van der Waals surface area contributed by atoms with Gasteiger partial charge in [0, 0.05) is 27.7 Å². The lowest BCUT2D eigenvalue weighted by molar-refractivity contribution is 0.796. The van der Waals surface area contributed by atoms with E-state index in [4.69, 9.17) is 0 Å². The summed E-state index contributed by atoms with van der Waals surface area (Å²) >= 11 is 1.89. The molecule has 8 aromatic carbocycles. The monoisotopic (exact) mass is 701 g/mol. The zero-order valence-electron chi connectivity index (χ0n) is 29.3. The molecule has 0 amide bonds. The highest BCUT2D eigenvalue weighted by atomic mass is 32.1. The number of aromatic nitrogens is 1. The highest BCUT2D eigenvalue weighted by Gasteiger charge is 2.53. The second kappa shape index (κ2) is 11.2. The first-order valence-corrected chi connectivity index (χ1v) is 19.4. The smallest absolute Gasteiger partial charge is 0.0734 e. The predicted octanol–water partition coefficient (Wildman–Crippen LogP) is 13.9. The molecule has 2 heteroatoms. The van der Waals surface area contributed by atoms with E-state index < -0.39 is 5.41 Å². The van der Waals surface area contributed by atoms with E-state index in [0.717, 1.165) is 5.56 Å². The van der Waals surface area contributed by atoms with Crippen LogP contribution in [0.3, 0.4) is 0 Å². The van der Waals surface area contributed by atoms with E-state index in [2.05, 4.69) is 175 Å². The first-order valence-electron chi connectivity index (χ1n) is 18.6. The van der Waals surface area contributed by atoms with E-state index in [1.165, 1.54) is 103 Å². The number of pyridine rings is 1. The lowest BCUT2D eigenvalue weighted by Crippen LogP contribution is -2.25. The number of thiophene rings is 1. The van der Waals surface area contributed by atoms with Crippen LogP contribution in [0.1, 0.15) is 22.3 Å². The SMILES string of the molecule is c1cncc(-c2cc3c(s2)-c2ccccc2C32c3ccccc3-c3c(-c4c5ccccc5c(-c5cccc6ccccc56)c5ccccc45)cccc32)c1. The Morgan fingerprint density at radius 1 is 0.389 bits per heavy atom. The minimum absolute atomic E-state index is 0.431. The normalized spacial score (nSPS) is 15.1. The lowest BCUT2D eigenvalue weighted by Gasteiger charge is -2.30. The molecule has 0 fully saturated rings. The molecule has 250 valence electrons. The van der Waals surface area contributed by atoms with Crippen LogP contribution in [0.25, 0.3) is 86.6 Å². The van der Waals surface area contributed by atoms with Crippen molar-refractivity contribution in [3.05, 3.63) is 211 Å². The van der Waals surface area contributed by atoms with Crippen molar-refractivity contribution < 1.29 is 0 Å². The van der Waals surface area contributed by atoms with Gasteiger partial charge in [-0.3, -0.25) is 4.98 Å². The van der Waals surface area contributed by atoms with Gasteiger partial charge in [-0.2, -0.15) is 0 Å². The highest BCUT2D eigenvalue weighted by Crippen LogP contribution is 2.66. The van der Waals surface area contributed by atoms with E-state index in [1.807, 2.05) is 29.8 Å². The molecular weight excluding hydrogens is 671 g/mol. The van der Waals surface area contributed by atoms with Crippen molar-refractivity contribution >= 4 is 43.7 Å².